The minimum absolute atomic E-state index is 0.0826. The second-order valence-electron chi connectivity index (χ2n) is 4.10. The number of rotatable bonds is 6. The van der Waals surface area contributed by atoms with Gasteiger partial charge in [0.05, 0.1) is 12.1 Å². The third kappa shape index (κ3) is 3.47. The van der Waals surface area contributed by atoms with E-state index in [0.29, 0.717) is 6.10 Å². The van der Waals surface area contributed by atoms with Crippen molar-refractivity contribution < 1.29 is 4.74 Å². The van der Waals surface area contributed by atoms with Crippen LogP contribution in [0.5, 0.6) is 0 Å². The summed E-state index contributed by atoms with van der Waals surface area (Å²) in [5.41, 5.74) is 5.60. The maximum Gasteiger partial charge on any atom is 0.108 e. The Kier molecular flexibility index (Phi) is 5.05. The summed E-state index contributed by atoms with van der Waals surface area (Å²) < 4.78 is 5.61. The zero-order chi connectivity index (χ0) is 11.3. The van der Waals surface area contributed by atoms with E-state index in [1.165, 1.54) is 6.42 Å². The number of ether oxygens (including phenoxy) is 1. The van der Waals surface area contributed by atoms with Crippen molar-refractivity contribution >= 4 is 5.84 Å². The molecule has 1 aliphatic rings. The molecule has 0 radical (unpaired) electrons. The molecule has 1 rings (SSSR count). The smallest absolute Gasteiger partial charge is 0.108 e. The Morgan fingerprint density at radius 3 is 2.73 bits per heavy atom. The summed E-state index contributed by atoms with van der Waals surface area (Å²) in [6.07, 6.45) is 3.55. The highest BCUT2D eigenvalue weighted by molar-refractivity contribution is 5.82. The van der Waals surface area contributed by atoms with Gasteiger partial charge in [0, 0.05) is 13.2 Å². The van der Waals surface area contributed by atoms with E-state index in [1.54, 1.807) is 0 Å². The fourth-order valence-electron chi connectivity index (χ4n) is 2.20. The Bertz CT molecular complexity index is 202. The molecule has 0 aromatic carbocycles. The average molecular weight is 213 g/mol. The first-order valence-corrected chi connectivity index (χ1v) is 5.88. The zero-order valence-corrected chi connectivity index (χ0v) is 9.83. The van der Waals surface area contributed by atoms with Crippen molar-refractivity contribution in [2.75, 3.05) is 19.7 Å². The van der Waals surface area contributed by atoms with Gasteiger partial charge in [-0.1, -0.05) is 13.8 Å². The van der Waals surface area contributed by atoms with Crippen LogP contribution < -0.4 is 5.73 Å². The van der Waals surface area contributed by atoms with Crippen LogP contribution in [0.2, 0.25) is 0 Å². The minimum Gasteiger partial charge on any atom is -0.386 e. The standard InChI is InChI=1S/C11H23N3O/c1-3-10(11(12)13)14(4-2)8-9-6-5-7-15-9/h9-10H,3-8H2,1-2H3,(H3,12,13). The van der Waals surface area contributed by atoms with Crippen molar-refractivity contribution in [3.63, 3.8) is 0 Å². The zero-order valence-electron chi connectivity index (χ0n) is 9.83. The topological polar surface area (TPSA) is 62.3 Å². The van der Waals surface area contributed by atoms with Crippen molar-refractivity contribution in [1.29, 1.82) is 5.41 Å². The molecule has 2 unspecified atom stereocenters. The van der Waals surface area contributed by atoms with Gasteiger partial charge in [-0.3, -0.25) is 10.3 Å². The molecular formula is C11H23N3O. The van der Waals surface area contributed by atoms with Gasteiger partial charge in [0.25, 0.3) is 0 Å². The summed E-state index contributed by atoms with van der Waals surface area (Å²) in [7, 11) is 0. The van der Waals surface area contributed by atoms with Gasteiger partial charge in [-0.15, -0.1) is 0 Å². The van der Waals surface area contributed by atoms with Crippen molar-refractivity contribution in [3.8, 4) is 0 Å². The Hall–Kier alpha value is -0.610. The summed E-state index contributed by atoms with van der Waals surface area (Å²) >= 11 is 0. The van der Waals surface area contributed by atoms with Crippen molar-refractivity contribution in [1.82, 2.24) is 4.90 Å². The van der Waals surface area contributed by atoms with E-state index in [9.17, 15) is 0 Å². The quantitative estimate of drug-likeness (QED) is 0.515. The molecule has 1 aliphatic heterocycles. The number of nitrogens with zero attached hydrogens (tertiary/aromatic N) is 1. The first-order valence-electron chi connectivity index (χ1n) is 5.88. The molecule has 1 saturated heterocycles. The fourth-order valence-corrected chi connectivity index (χ4v) is 2.20. The van der Waals surface area contributed by atoms with Gasteiger partial charge >= 0.3 is 0 Å². The molecule has 0 saturated carbocycles. The first-order chi connectivity index (χ1) is 7.19. The van der Waals surface area contributed by atoms with E-state index in [4.69, 9.17) is 15.9 Å². The summed E-state index contributed by atoms with van der Waals surface area (Å²) in [6.45, 7) is 6.91. The van der Waals surface area contributed by atoms with Gasteiger partial charge in [0.2, 0.25) is 0 Å². The van der Waals surface area contributed by atoms with Crippen LogP contribution in [0, 0.1) is 5.41 Å². The molecule has 15 heavy (non-hydrogen) atoms. The SMILES string of the molecule is CCC(C(=N)N)N(CC)CC1CCCO1. The molecule has 1 heterocycles. The van der Waals surface area contributed by atoms with E-state index in [2.05, 4.69) is 18.7 Å². The molecule has 0 aliphatic carbocycles. The van der Waals surface area contributed by atoms with Crippen molar-refractivity contribution in [2.45, 2.75) is 45.3 Å². The monoisotopic (exact) mass is 213 g/mol. The van der Waals surface area contributed by atoms with Gasteiger partial charge < -0.3 is 10.5 Å². The van der Waals surface area contributed by atoms with Crippen LogP contribution in [0.1, 0.15) is 33.1 Å². The van der Waals surface area contributed by atoms with E-state index in [-0.39, 0.29) is 11.9 Å². The molecular weight excluding hydrogens is 190 g/mol. The lowest BCUT2D eigenvalue weighted by Crippen LogP contribution is -2.46. The minimum atomic E-state index is 0.0826. The lowest BCUT2D eigenvalue weighted by Gasteiger charge is -2.30. The number of hydrogen-bond acceptors (Lipinski definition) is 3. The molecule has 0 aromatic heterocycles. The van der Waals surface area contributed by atoms with Gasteiger partial charge in [0.15, 0.2) is 0 Å². The van der Waals surface area contributed by atoms with Gasteiger partial charge in [0.1, 0.15) is 5.84 Å². The lowest BCUT2D eigenvalue weighted by molar-refractivity contribution is 0.0679. The second kappa shape index (κ2) is 6.08. The van der Waals surface area contributed by atoms with Crippen LogP contribution >= 0.6 is 0 Å². The van der Waals surface area contributed by atoms with Gasteiger partial charge in [-0.25, -0.2) is 0 Å². The third-order valence-electron chi connectivity index (χ3n) is 3.05. The van der Waals surface area contributed by atoms with Gasteiger partial charge in [-0.05, 0) is 25.8 Å². The molecule has 0 aromatic rings. The maximum atomic E-state index is 7.55. The molecule has 2 atom stereocenters. The highest BCUT2D eigenvalue weighted by Gasteiger charge is 2.24. The predicted octanol–water partition coefficient (Wildman–Crippen LogP) is 1.20. The normalized spacial score (nSPS) is 23.3. The third-order valence-corrected chi connectivity index (χ3v) is 3.05. The molecule has 0 bridgehead atoms. The van der Waals surface area contributed by atoms with Crippen LogP contribution in [-0.4, -0.2) is 42.6 Å². The molecule has 0 amide bonds. The number of nitrogens with one attached hydrogen (secondary N) is 1. The van der Waals surface area contributed by atoms with Crippen molar-refractivity contribution in [3.05, 3.63) is 0 Å². The van der Waals surface area contributed by atoms with E-state index < -0.39 is 0 Å². The van der Waals surface area contributed by atoms with E-state index in [0.717, 1.165) is 32.5 Å². The highest BCUT2D eigenvalue weighted by Crippen LogP contribution is 2.15. The number of likely N-dealkylation sites (N-methyl/N-ethyl adjacent to an activating group) is 1. The average Bonchev–Trinajstić information content (AvgIpc) is 2.69. The van der Waals surface area contributed by atoms with Crippen LogP contribution in [0.3, 0.4) is 0 Å². The lowest BCUT2D eigenvalue weighted by atomic mass is 10.1. The maximum absolute atomic E-state index is 7.55. The molecule has 4 nitrogen and oxygen atoms in total. The second-order valence-corrected chi connectivity index (χ2v) is 4.10. The molecule has 4 heteroatoms. The molecule has 88 valence electrons. The Labute approximate surface area is 92.3 Å². The Morgan fingerprint density at radius 1 is 1.60 bits per heavy atom. The van der Waals surface area contributed by atoms with Crippen LogP contribution in [-0.2, 0) is 4.74 Å². The van der Waals surface area contributed by atoms with Crippen LogP contribution in [0.4, 0.5) is 0 Å². The first kappa shape index (κ1) is 12.5. The van der Waals surface area contributed by atoms with Crippen LogP contribution in [0.25, 0.3) is 0 Å². The Morgan fingerprint density at radius 2 is 2.33 bits per heavy atom. The largest absolute Gasteiger partial charge is 0.386 e. The summed E-state index contributed by atoms with van der Waals surface area (Å²) in [4.78, 5) is 2.25. The van der Waals surface area contributed by atoms with Crippen LogP contribution in [0.15, 0.2) is 0 Å². The molecule has 0 spiro atoms. The summed E-state index contributed by atoms with van der Waals surface area (Å²) in [5, 5.41) is 7.55. The van der Waals surface area contributed by atoms with E-state index >= 15 is 0 Å². The fraction of sp³-hybridized carbons (Fsp3) is 0.909. The number of nitrogens with two attached hydrogens (primary N) is 1. The van der Waals surface area contributed by atoms with Crippen molar-refractivity contribution in [2.24, 2.45) is 5.73 Å². The Balaban J connectivity index is 2.48. The molecule has 3 N–H and O–H groups in total. The number of hydrogen-bond donors (Lipinski definition) is 2. The molecule has 1 fully saturated rings. The predicted molar refractivity (Wildman–Crippen MR) is 62.2 cm³/mol. The summed E-state index contributed by atoms with van der Waals surface area (Å²) in [5.74, 6) is 0.275. The number of amidine groups is 1. The summed E-state index contributed by atoms with van der Waals surface area (Å²) in [6, 6.07) is 0.0826. The van der Waals surface area contributed by atoms with Gasteiger partial charge in [-0.2, -0.15) is 0 Å². The highest BCUT2D eigenvalue weighted by atomic mass is 16.5. The van der Waals surface area contributed by atoms with E-state index in [1.807, 2.05) is 0 Å².